The average molecular weight is 277 g/mol. The molecule has 1 aliphatic heterocycles. The van der Waals surface area contributed by atoms with Gasteiger partial charge in [-0.15, -0.1) is 0 Å². The summed E-state index contributed by atoms with van der Waals surface area (Å²) in [6, 6.07) is 7.11. The first kappa shape index (κ1) is 14.3. The molecule has 4 amide bonds. The Labute approximate surface area is 118 Å². The van der Waals surface area contributed by atoms with Gasteiger partial charge in [-0.1, -0.05) is 24.3 Å². The van der Waals surface area contributed by atoms with E-state index in [-0.39, 0.29) is 12.1 Å². The Balaban J connectivity index is 1.96. The number of hydrogen-bond acceptors (Lipinski definition) is 3. The molecule has 1 heterocycles. The Bertz CT molecular complexity index is 504. The third-order valence-corrected chi connectivity index (χ3v) is 3.36. The van der Waals surface area contributed by atoms with E-state index in [1.165, 1.54) is 0 Å². The number of rotatable bonds is 4. The zero-order valence-electron chi connectivity index (χ0n) is 11.7. The molecule has 0 aromatic heterocycles. The van der Waals surface area contributed by atoms with E-state index in [9.17, 15) is 9.59 Å². The second-order valence-electron chi connectivity index (χ2n) is 4.65. The zero-order valence-corrected chi connectivity index (χ0v) is 11.7. The maximum atomic E-state index is 11.9. The number of nitrogens with zero attached hydrogens (tertiary/aromatic N) is 1. The second-order valence-corrected chi connectivity index (χ2v) is 4.65. The van der Waals surface area contributed by atoms with Gasteiger partial charge in [0.05, 0.1) is 6.10 Å². The van der Waals surface area contributed by atoms with Gasteiger partial charge in [-0.25, -0.2) is 14.5 Å². The monoisotopic (exact) mass is 277 g/mol. The summed E-state index contributed by atoms with van der Waals surface area (Å²) >= 11 is 0. The van der Waals surface area contributed by atoms with Crippen molar-refractivity contribution in [1.82, 2.24) is 15.5 Å². The molecule has 0 radical (unpaired) electrons. The maximum Gasteiger partial charge on any atom is 0.325 e. The van der Waals surface area contributed by atoms with E-state index in [0.29, 0.717) is 19.6 Å². The number of carbonyl (C=O) groups excluding carboxylic acids is 2. The van der Waals surface area contributed by atoms with Crippen LogP contribution in [0.3, 0.4) is 0 Å². The van der Waals surface area contributed by atoms with Gasteiger partial charge >= 0.3 is 12.1 Å². The number of methoxy groups -OCH3 is 1. The lowest BCUT2D eigenvalue weighted by atomic mass is 10.0. The molecule has 1 saturated heterocycles. The lowest BCUT2D eigenvalue weighted by Gasteiger charge is -2.20. The van der Waals surface area contributed by atoms with Gasteiger partial charge < -0.3 is 15.4 Å². The van der Waals surface area contributed by atoms with Crippen molar-refractivity contribution < 1.29 is 14.3 Å². The van der Waals surface area contributed by atoms with Crippen LogP contribution in [0.2, 0.25) is 0 Å². The SMILES string of the molecule is CO[C@H](CNC(=O)N1CCNC1=O)c1ccccc1C. The van der Waals surface area contributed by atoms with Crippen molar-refractivity contribution in [2.75, 3.05) is 26.7 Å². The third kappa shape index (κ3) is 3.08. The summed E-state index contributed by atoms with van der Waals surface area (Å²) in [5.74, 6) is 0. The summed E-state index contributed by atoms with van der Waals surface area (Å²) in [5.41, 5.74) is 2.13. The van der Waals surface area contributed by atoms with Crippen molar-refractivity contribution in [1.29, 1.82) is 0 Å². The number of aryl methyl sites for hydroxylation is 1. The van der Waals surface area contributed by atoms with E-state index in [4.69, 9.17) is 4.74 Å². The molecule has 1 fully saturated rings. The molecule has 6 nitrogen and oxygen atoms in total. The molecule has 0 unspecified atom stereocenters. The van der Waals surface area contributed by atoms with Gasteiger partial charge in [0, 0.05) is 26.7 Å². The highest BCUT2D eigenvalue weighted by Crippen LogP contribution is 2.19. The molecule has 0 saturated carbocycles. The average Bonchev–Trinajstić information content (AvgIpc) is 2.87. The quantitative estimate of drug-likeness (QED) is 0.874. The number of hydrogen-bond donors (Lipinski definition) is 2. The van der Waals surface area contributed by atoms with Crippen LogP contribution in [-0.4, -0.2) is 43.7 Å². The summed E-state index contributed by atoms with van der Waals surface area (Å²) in [6.07, 6.45) is -0.231. The molecule has 1 aromatic carbocycles. The van der Waals surface area contributed by atoms with Crippen LogP contribution in [0.1, 0.15) is 17.2 Å². The van der Waals surface area contributed by atoms with Crippen LogP contribution >= 0.6 is 0 Å². The van der Waals surface area contributed by atoms with Gasteiger partial charge in [-0.05, 0) is 18.1 Å². The van der Waals surface area contributed by atoms with Gasteiger partial charge in [-0.2, -0.15) is 0 Å². The van der Waals surface area contributed by atoms with Gasteiger partial charge in [0.25, 0.3) is 0 Å². The third-order valence-electron chi connectivity index (χ3n) is 3.36. The van der Waals surface area contributed by atoms with Crippen LogP contribution in [0.5, 0.6) is 0 Å². The summed E-state index contributed by atoms with van der Waals surface area (Å²) in [5, 5.41) is 5.32. The van der Waals surface area contributed by atoms with Crippen LogP contribution in [0.15, 0.2) is 24.3 Å². The zero-order chi connectivity index (χ0) is 14.5. The smallest absolute Gasteiger partial charge is 0.325 e. The summed E-state index contributed by atoms with van der Waals surface area (Å²) in [7, 11) is 1.60. The number of amides is 4. The number of urea groups is 2. The molecule has 20 heavy (non-hydrogen) atoms. The molecule has 0 spiro atoms. The first-order valence-electron chi connectivity index (χ1n) is 6.55. The first-order valence-corrected chi connectivity index (χ1v) is 6.55. The predicted octanol–water partition coefficient (Wildman–Crippen LogP) is 1.42. The summed E-state index contributed by atoms with van der Waals surface area (Å²) in [6.45, 7) is 3.21. The Kier molecular flexibility index (Phi) is 4.57. The van der Waals surface area contributed by atoms with Crippen LogP contribution < -0.4 is 10.6 Å². The van der Waals surface area contributed by atoms with Gasteiger partial charge in [0.2, 0.25) is 0 Å². The Morgan fingerprint density at radius 2 is 2.25 bits per heavy atom. The number of imide groups is 1. The van der Waals surface area contributed by atoms with E-state index in [1.54, 1.807) is 7.11 Å². The Morgan fingerprint density at radius 1 is 1.50 bits per heavy atom. The summed E-state index contributed by atoms with van der Waals surface area (Å²) in [4.78, 5) is 24.4. The largest absolute Gasteiger partial charge is 0.375 e. The molecular weight excluding hydrogens is 258 g/mol. The molecule has 1 aromatic rings. The van der Waals surface area contributed by atoms with Gasteiger partial charge in [-0.3, -0.25) is 0 Å². The van der Waals surface area contributed by atoms with Crippen molar-refractivity contribution in [3.8, 4) is 0 Å². The highest BCUT2D eigenvalue weighted by Gasteiger charge is 2.26. The molecule has 1 aliphatic rings. The minimum atomic E-state index is -0.393. The minimum Gasteiger partial charge on any atom is -0.375 e. The van der Waals surface area contributed by atoms with Gasteiger partial charge in [0.15, 0.2) is 0 Å². The van der Waals surface area contributed by atoms with Crippen LogP contribution in [0, 0.1) is 6.92 Å². The van der Waals surface area contributed by atoms with E-state index in [0.717, 1.165) is 16.0 Å². The van der Waals surface area contributed by atoms with Crippen LogP contribution in [-0.2, 0) is 4.74 Å². The van der Waals surface area contributed by atoms with Crippen molar-refractivity contribution in [3.63, 3.8) is 0 Å². The Morgan fingerprint density at radius 3 is 2.85 bits per heavy atom. The lowest BCUT2D eigenvalue weighted by molar-refractivity contribution is 0.102. The lowest BCUT2D eigenvalue weighted by Crippen LogP contribution is -2.43. The predicted molar refractivity (Wildman–Crippen MR) is 74.4 cm³/mol. The highest BCUT2D eigenvalue weighted by atomic mass is 16.5. The highest BCUT2D eigenvalue weighted by molar-refractivity contribution is 5.94. The van der Waals surface area contributed by atoms with E-state index in [1.807, 2.05) is 31.2 Å². The molecule has 0 bridgehead atoms. The van der Waals surface area contributed by atoms with Crippen LogP contribution in [0.25, 0.3) is 0 Å². The first-order chi connectivity index (χ1) is 9.63. The fourth-order valence-electron chi connectivity index (χ4n) is 2.21. The standard InChI is InChI=1S/C14H19N3O3/c1-10-5-3-4-6-11(10)12(20-2)9-16-14(19)17-8-7-15-13(17)18/h3-6,12H,7-9H2,1-2H3,(H,15,18)(H,16,19)/t12-/m1/s1. The molecule has 2 N–H and O–H groups in total. The minimum absolute atomic E-state index is 0.231. The maximum absolute atomic E-state index is 11.9. The van der Waals surface area contributed by atoms with E-state index in [2.05, 4.69) is 10.6 Å². The summed E-state index contributed by atoms with van der Waals surface area (Å²) < 4.78 is 5.42. The molecule has 0 aliphatic carbocycles. The fraction of sp³-hybridized carbons (Fsp3) is 0.429. The van der Waals surface area contributed by atoms with Crippen molar-refractivity contribution in [3.05, 3.63) is 35.4 Å². The number of benzene rings is 1. The van der Waals surface area contributed by atoms with Crippen LogP contribution in [0.4, 0.5) is 9.59 Å². The van der Waals surface area contributed by atoms with E-state index >= 15 is 0 Å². The normalized spacial score (nSPS) is 15.9. The Hall–Kier alpha value is -2.08. The molecule has 2 rings (SSSR count). The number of ether oxygens (including phenoxy) is 1. The molecule has 6 heteroatoms. The fourth-order valence-corrected chi connectivity index (χ4v) is 2.21. The van der Waals surface area contributed by atoms with Crippen molar-refractivity contribution in [2.24, 2.45) is 0 Å². The van der Waals surface area contributed by atoms with Crippen molar-refractivity contribution in [2.45, 2.75) is 13.0 Å². The topological polar surface area (TPSA) is 70.7 Å². The molecule has 108 valence electrons. The number of carbonyl (C=O) groups is 2. The molecular formula is C14H19N3O3. The van der Waals surface area contributed by atoms with E-state index < -0.39 is 6.03 Å². The molecule has 1 atom stereocenters. The van der Waals surface area contributed by atoms with Gasteiger partial charge in [0.1, 0.15) is 0 Å². The second kappa shape index (κ2) is 6.38. The number of nitrogens with one attached hydrogen (secondary N) is 2. The van der Waals surface area contributed by atoms with Crippen molar-refractivity contribution >= 4 is 12.1 Å².